The molecule has 6 nitrogen and oxygen atoms in total. The number of nitrogens with zero attached hydrogens (tertiary/aromatic N) is 4. The van der Waals surface area contributed by atoms with Crippen LogP contribution in [-0.2, 0) is 0 Å². The molecule has 4 aromatic rings. The first-order chi connectivity index (χ1) is 8.83. The second-order valence-electron chi connectivity index (χ2n) is 3.91. The number of hydrogen-bond acceptors (Lipinski definition) is 5. The van der Waals surface area contributed by atoms with Gasteiger partial charge in [0.1, 0.15) is 0 Å². The number of hydrogen-bond donors (Lipinski definition) is 2. The van der Waals surface area contributed by atoms with Crippen LogP contribution >= 0.6 is 11.3 Å². The molecule has 0 saturated carbocycles. The zero-order valence-electron chi connectivity index (χ0n) is 9.16. The topological polar surface area (TPSA) is 84.9 Å². The van der Waals surface area contributed by atoms with E-state index in [0.717, 1.165) is 16.5 Å². The summed E-state index contributed by atoms with van der Waals surface area (Å²) in [6, 6.07) is 8.04. The zero-order valence-corrected chi connectivity index (χ0v) is 9.98. The van der Waals surface area contributed by atoms with Crippen LogP contribution in [0.1, 0.15) is 0 Å². The molecule has 4 rings (SSSR count). The normalized spacial score (nSPS) is 11.6. The molecule has 0 fully saturated rings. The SMILES string of the molecule is Nc1nn2c(-c3c[nH]c4ccccc34)nnc2s1. The number of benzene rings is 1. The average molecular weight is 256 g/mol. The molecule has 0 aliphatic heterocycles. The number of aromatic nitrogens is 5. The Morgan fingerprint density at radius 2 is 2.11 bits per heavy atom. The van der Waals surface area contributed by atoms with E-state index >= 15 is 0 Å². The largest absolute Gasteiger partial charge is 0.374 e. The number of fused-ring (bicyclic) bond motifs is 2. The number of anilines is 1. The third kappa shape index (κ3) is 1.19. The molecule has 0 atom stereocenters. The fourth-order valence-electron chi connectivity index (χ4n) is 2.06. The summed E-state index contributed by atoms with van der Waals surface area (Å²) >= 11 is 1.32. The first-order valence-corrected chi connectivity index (χ1v) is 6.19. The number of nitrogens with two attached hydrogens (primary N) is 1. The van der Waals surface area contributed by atoms with Gasteiger partial charge in [-0.1, -0.05) is 29.5 Å². The minimum Gasteiger partial charge on any atom is -0.374 e. The zero-order chi connectivity index (χ0) is 12.1. The van der Waals surface area contributed by atoms with E-state index in [4.69, 9.17) is 5.73 Å². The lowest BCUT2D eigenvalue weighted by atomic mass is 10.2. The first-order valence-electron chi connectivity index (χ1n) is 5.37. The van der Waals surface area contributed by atoms with Crippen LogP contribution in [0.3, 0.4) is 0 Å². The van der Waals surface area contributed by atoms with Crippen LogP contribution in [0.4, 0.5) is 5.13 Å². The molecular weight excluding hydrogens is 248 g/mol. The van der Waals surface area contributed by atoms with Crippen molar-refractivity contribution in [1.29, 1.82) is 0 Å². The molecule has 0 bridgehead atoms. The first kappa shape index (κ1) is 9.60. The standard InChI is InChI=1S/C11H8N6S/c12-10-16-17-9(14-15-11(17)18-10)7-5-13-8-4-2-1-3-6(7)8/h1-5,13H,(H2,12,16). The molecule has 0 spiro atoms. The fourth-order valence-corrected chi connectivity index (χ4v) is 2.66. The van der Waals surface area contributed by atoms with Gasteiger partial charge in [0.25, 0.3) is 0 Å². The molecule has 3 aromatic heterocycles. The van der Waals surface area contributed by atoms with E-state index < -0.39 is 0 Å². The van der Waals surface area contributed by atoms with Gasteiger partial charge in [-0.15, -0.1) is 15.3 Å². The van der Waals surface area contributed by atoms with E-state index in [1.165, 1.54) is 11.3 Å². The number of nitrogens with one attached hydrogen (secondary N) is 1. The van der Waals surface area contributed by atoms with E-state index in [-0.39, 0.29) is 0 Å². The molecule has 0 radical (unpaired) electrons. The Hall–Kier alpha value is -2.41. The summed E-state index contributed by atoms with van der Waals surface area (Å²) in [5, 5.41) is 14.0. The van der Waals surface area contributed by atoms with Gasteiger partial charge in [-0.3, -0.25) is 0 Å². The highest BCUT2D eigenvalue weighted by atomic mass is 32.1. The van der Waals surface area contributed by atoms with Crippen molar-refractivity contribution in [2.45, 2.75) is 0 Å². The third-order valence-electron chi connectivity index (χ3n) is 2.84. The van der Waals surface area contributed by atoms with E-state index in [9.17, 15) is 0 Å². The van der Waals surface area contributed by atoms with Crippen LogP contribution in [0, 0.1) is 0 Å². The molecule has 0 unspecified atom stereocenters. The van der Waals surface area contributed by atoms with Crippen molar-refractivity contribution in [3.63, 3.8) is 0 Å². The summed E-state index contributed by atoms with van der Waals surface area (Å²) < 4.78 is 1.68. The van der Waals surface area contributed by atoms with Gasteiger partial charge in [0.05, 0.1) is 0 Å². The molecule has 0 aliphatic carbocycles. The molecule has 0 amide bonds. The van der Waals surface area contributed by atoms with Crippen LogP contribution in [0.5, 0.6) is 0 Å². The third-order valence-corrected chi connectivity index (χ3v) is 3.56. The van der Waals surface area contributed by atoms with Crippen LogP contribution in [0.15, 0.2) is 30.5 Å². The lowest BCUT2D eigenvalue weighted by molar-refractivity contribution is 0.974. The van der Waals surface area contributed by atoms with E-state index in [1.54, 1.807) is 4.52 Å². The Morgan fingerprint density at radius 1 is 1.22 bits per heavy atom. The predicted molar refractivity (Wildman–Crippen MR) is 70.4 cm³/mol. The van der Waals surface area contributed by atoms with Crippen molar-refractivity contribution in [1.82, 2.24) is 24.8 Å². The molecule has 7 heteroatoms. The fraction of sp³-hybridized carbons (Fsp3) is 0. The van der Waals surface area contributed by atoms with Gasteiger partial charge >= 0.3 is 0 Å². The van der Waals surface area contributed by atoms with E-state index in [2.05, 4.69) is 20.3 Å². The molecule has 3 N–H and O–H groups in total. The van der Waals surface area contributed by atoms with Crippen LogP contribution in [-0.4, -0.2) is 24.8 Å². The van der Waals surface area contributed by atoms with Gasteiger partial charge in [0.15, 0.2) is 5.82 Å². The highest BCUT2D eigenvalue weighted by molar-refractivity contribution is 7.20. The summed E-state index contributed by atoms with van der Waals surface area (Å²) in [5.74, 6) is 0.704. The molecular formula is C11H8N6S. The van der Waals surface area contributed by atoms with Gasteiger partial charge in [0.2, 0.25) is 10.1 Å². The predicted octanol–water partition coefficient (Wildman–Crippen LogP) is 1.92. The monoisotopic (exact) mass is 256 g/mol. The smallest absolute Gasteiger partial charge is 0.236 e. The lowest BCUT2D eigenvalue weighted by Crippen LogP contribution is -1.91. The minimum atomic E-state index is 0.487. The molecule has 0 saturated heterocycles. The minimum absolute atomic E-state index is 0.487. The molecule has 3 heterocycles. The second-order valence-corrected chi connectivity index (χ2v) is 4.89. The summed E-state index contributed by atoms with van der Waals surface area (Å²) in [7, 11) is 0. The van der Waals surface area contributed by atoms with Crippen molar-refractivity contribution < 1.29 is 0 Å². The quantitative estimate of drug-likeness (QED) is 0.545. The molecule has 1 aromatic carbocycles. The maximum absolute atomic E-state index is 5.68. The molecule has 0 aliphatic rings. The molecule has 18 heavy (non-hydrogen) atoms. The second kappa shape index (κ2) is 3.30. The Bertz CT molecular complexity index is 855. The van der Waals surface area contributed by atoms with E-state index in [0.29, 0.717) is 15.9 Å². The van der Waals surface area contributed by atoms with Crippen molar-refractivity contribution in [2.75, 3.05) is 5.73 Å². The highest BCUT2D eigenvalue weighted by Gasteiger charge is 2.15. The van der Waals surface area contributed by atoms with E-state index in [1.807, 2.05) is 30.5 Å². The summed E-state index contributed by atoms with van der Waals surface area (Å²) in [4.78, 5) is 3.91. The number of para-hydroxylation sites is 1. The average Bonchev–Trinajstić information content (AvgIpc) is 3.02. The van der Waals surface area contributed by atoms with Crippen molar-refractivity contribution >= 4 is 32.3 Å². The number of nitrogen functional groups attached to an aromatic ring is 1. The van der Waals surface area contributed by atoms with Gasteiger partial charge in [0, 0.05) is 22.7 Å². The Labute approximate surface area is 105 Å². The Kier molecular flexibility index (Phi) is 1.76. The maximum atomic E-state index is 5.68. The Morgan fingerprint density at radius 3 is 3.06 bits per heavy atom. The number of H-pyrrole nitrogens is 1. The lowest BCUT2D eigenvalue weighted by Gasteiger charge is -1.94. The summed E-state index contributed by atoms with van der Waals surface area (Å²) in [6.07, 6.45) is 1.91. The van der Waals surface area contributed by atoms with Gasteiger partial charge in [-0.25, -0.2) is 0 Å². The summed E-state index contributed by atoms with van der Waals surface area (Å²) in [5.41, 5.74) is 7.72. The van der Waals surface area contributed by atoms with Crippen LogP contribution in [0.2, 0.25) is 0 Å². The number of aromatic amines is 1. The van der Waals surface area contributed by atoms with Gasteiger partial charge in [-0.05, 0) is 6.07 Å². The van der Waals surface area contributed by atoms with Gasteiger partial charge < -0.3 is 10.7 Å². The highest BCUT2D eigenvalue weighted by Crippen LogP contribution is 2.28. The Balaban J connectivity index is 2.07. The summed E-state index contributed by atoms with van der Waals surface area (Å²) in [6.45, 7) is 0. The van der Waals surface area contributed by atoms with Crippen molar-refractivity contribution in [3.8, 4) is 11.4 Å². The maximum Gasteiger partial charge on any atom is 0.236 e. The number of rotatable bonds is 1. The molecule has 88 valence electrons. The van der Waals surface area contributed by atoms with Gasteiger partial charge in [-0.2, -0.15) is 4.52 Å². The van der Waals surface area contributed by atoms with Crippen molar-refractivity contribution in [2.24, 2.45) is 0 Å². The van der Waals surface area contributed by atoms with Crippen LogP contribution < -0.4 is 5.73 Å². The van der Waals surface area contributed by atoms with Crippen molar-refractivity contribution in [3.05, 3.63) is 30.5 Å². The van der Waals surface area contributed by atoms with Crippen LogP contribution in [0.25, 0.3) is 27.3 Å².